The van der Waals surface area contributed by atoms with Crippen molar-refractivity contribution >= 4 is 17.1 Å². The predicted molar refractivity (Wildman–Crippen MR) is 106 cm³/mol. The van der Waals surface area contributed by atoms with Crippen LogP contribution in [0.3, 0.4) is 0 Å². The number of esters is 1. The molecule has 4 nitrogen and oxygen atoms in total. The number of rotatable bonds is 2. The number of carbonyl (C=O) groups excluding carboxylic acids is 1. The SMILES string of the molecule is CC(C)(C)C(=O)OC1(c2cc3ccc2o3)c2ccccc2Oc2ccccc21. The van der Waals surface area contributed by atoms with Gasteiger partial charge < -0.3 is 13.9 Å². The monoisotopic (exact) mass is 372 g/mol. The van der Waals surface area contributed by atoms with Gasteiger partial charge >= 0.3 is 5.97 Å². The van der Waals surface area contributed by atoms with Crippen molar-refractivity contribution in [3.63, 3.8) is 0 Å². The fourth-order valence-corrected chi connectivity index (χ4v) is 3.77. The Bertz CT molecular complexity index is 1130. The molecule has 0 N–H and O–H groups in total. The van der Waals surface area contributed by atoms with E-state index in [4.69, 9.17) is 13.9 Å². The molecule has 0 fully saturated rings. The summed E-state index contributed by atoms with van der Waals surface area (Å²) >= 11 is 0. The quantitative estimate of drug-likeness (QED) is 0.414. The first kappa shape index (κ1) is 16.9. The van der Waals surface area contributed by atoms with Crippen molar-refractivity contribution in [3.8, 4) is 11.5 Å². The Labute approximate surface area is 163 Å². The largest absolute Gasteiger partial charge is 0.457 e. The topological polar surface area (TPSA) is 48.7 Å². The second-order valence-corrected chi connectivity index (χ2v) is 8.18. The highest BCUT2D eigenvalue weighted by Crippen LogP contribution is 2.54. The smallest absolute Gasteiger partial charge is 0.312 e. The van der Waals surface area contributed by atoms with Crippen molar-refractivity contribution < 1.29 is 18.7 Å². The summed E-state index contributed by atoms with van der Waals surface area (Å²) in [6.45, 7) is 5.56. The molecule has 140 valence electrons. The van der Waals surface area contributed by atoms with E-state index in [2.05, 4.69) is 0 Å². The molecule has 4 heteroatoms. The standard InChI is InChI=1S/C24H20O4/c1-23(2,3)22(25)28-24(18-14-15-12-13-21(18)26-15)16-8-4-6-10-19(16)27-20-11-7-5-9-17(20)24/h4-14H,1-3H3. The van der Waals surface area contributed by atoms with Gasteiger partial charge in [0.1, 0.15) is 22.7 Å². The van der Waals surface area contributed by atoms with Crippen LogP contribution in [-0.4, -0.2) is 5.97 Å². The number of ether oxygens (including phenoxy) is 2. The minimum Gasteiger partial charge on any atom is -0.457 e. The van der Waals surface area contributed by atoms with Gasteiger partial charge in [-0.05, 0) is 51.1 Å². The van der Waals surface area contributed by atoms with Crippen LogP contribution in [0, 0.1) is 5.41 Å². The molecule has 2 bridgehead atoms. The van der Waals surface area contributed by atoms with Crippen LogP contribution in [0.4, 0.5) is 0 Å². The zero-order valence-corrected chi connectivity index (χ0v) is 16.0. The summed E-state index contributed by atoms with van der Waals surface area (Å²) in [7, 11) is 0. The summed E-state index contributed by atoms with van der Waals surface area (Å²) in [5.41, 5.74) is 2.02. The van der Waals surface area contributed by atoms with Crippen molar-refractivity contribution in [1.29, 1.82) is 0 Å². The molecular weight excluding hydrogens is 352 g/mol. The lowest BCUT2D eigenvalue weighted by atomic mass is 9.77. The molecule has 2 aromatic carbocycles. The lowest BCUT2D eigenvalue weighted by molar-refractivity contribution is -0.163. The number of fused-ring (bicyclic) bond motifs is 4. The predicted octanol–water partition coefficient (Wildman–Crippen LogP) is 5.86. The average Bonchev–Trinajstić information content (AvgIpc) is 3.30. The third-order valence-electron chi connectivity index (χ3n) is 5.17. The molecule has 0 unspecified atom stereocenters. The van der Waals surface area contributed by atoms with E-state index >= 15 is 0 Å². The zero-order valence-electron chi connectivity index (χ0n) is 16.0. The fraction of sp³-hybridized carbons (Fsp3) is 0.208. The fourth-order valence-electron chi connectivity index (χ4n) is 3.77. The maximum Gasteiger partial charge on any atom is 0.312 e. The van der Waals surface area contributed by atoms with Gasteiger partial charge in [0.2, 0.25) is 0 Å². The lowest BCUT2D eigenvalue weighted by Gasteiger charge is -2.40. The zero-order chi connectivity index (χ0) is 19.5. The normalized spacial score (nSPS) is 15.0. The summed E-state index contributed by atoms with van der Waals surface area (Å²) in [4.78, 5) is 13.2. The lowest BCUT2D eigenvalue weighted by Crippen LogP contribution is -2.40. The summed E-state index contributed by atoms with van der Waals surface area (Å²) in [6, 6.07) is 21.1. The van der Waals surface area contributed by atoms with Gasteiger partial charge in [-0.25, -0.2) is 0 Å². The summed E-state index contributed by atoms with van der Waals surface area (Å²) in [5, 5.41) is 0. The third kappa shape index (κ3) is 2.27. The van der Waals surface area contributed by atoms with Crippen LogP contribution in [0.5, 0.6) is 11.5 Å². The van der Waals surface area contributed by atoms with Gasteiger partial charge in [-0.1, -0.05) is 36.4 Å². The van der Waals surface area contributed by atoms with Gasteiger partial charge in [-0.3, -0.25) is 4.79 Å². The molecule has 4 aromatic rings. The number of para-hydroxylation sites is 2. The Balaban J connectivity index is 1.86. The van der Waals surface area contributed by atoms with E-state index < -0.39 is 11.0 Å². The van der Waals surface area contributed by atoms with E-state index in [-0.39, 0.29) is 5.97 Å². The highest BCUT2D eigenvalue weighted by Gasteiger charge is 2.50. The van der Waals surface area contributed by atoms with E-state index in [9.17, 15) is 4.79 Å². The van der Waals surface area contributed by atoms with Crippen LogP contribution >= 0.6 is 0 Å². The van der Waals surface area contributed by atoms with Gasteiger partial charge in [-0.2, -0.15) is 0 Å². The summed E-state index contributed by atoms with van der Waals surface area (Å²) < 4.78 is 18.4. The Morgan fingerprint density at radius 1 is 0.857 bits per heavy atom. The molecular formula is C24H20O4. The van der Waals surface area contributed by atoms with Crippen molar-refractivity contribution in [2.45, 2.75) is 26.4 Å². The van der Waals surface area contributed by atoms with Crippen LogP contribution in [-0.2, 0) is 15.1 Å². The molecule has 3 heterocycles. The number of furan rings is 2. The molecule has 0 atom stereocenters. The molecule has 5 rings (SSSR count). The van der Waals surface area contributed by atoms with Crippen molar-refractivity contribution in [3.05, 3.63) is 83.4 Å². The number of benzene rings is 3. The molecule has 1 aliphatic rings. The first-order valence-electron chi connectivity index (χ1n) is 9.32. The van der Waals surface area contributed by atoms with Crippen LogP contribution in [0.25, 0.3) is 11.2 Å². The van der Waals surface area contributed by atoms with Gasteiger partial charge in [0.25, 0.3) is 0 Å². The first-order valence-corrected chi connectivity index (χ1v) is 9.32. The second kappa shape index (κ2) is 5.61. The van der Waals surface area contributed by atoms with E-state index in [0.717, 1.165) is 22.3 Å². The van der Waals surface area contributed by atoms with Crippen LogP contribution in [0.2, 0.25) is 0 Å². The second-order valence-electron chi connectivity index (χ2n) is 8.18. The Hall–Kier alpha value is -3.27. The van der Waals surface area contributed by atoms with Gasteiger partial charge in [0.15, 0.2) is 5.60 Å². The maximum absolute atomic E-state index is 13.2. The van der Waals surface area contributed by atoms with Gasteiger partial charge in [0, 0.05) is 11.1 Å². The first-order chi connectivity index (χ1) is 13.4. The van der Waals surface area contributed by atoms with E-state index in [0.29, 0.717) is 17.1 Å². The van der Waals surface area contributed by atoms with Crippen molar-refractivity contribution in [2.24, 2.45) is 5.41 Å². The van der Waals surface area contributed by atoms with E-state index in [1.54, 1.807) is 0 Å². The molecule has 0 amide bonds. The average molecular weight is 372 g/mol. The molecule has 2 aromatic heterocycles. The van der Waals surface area contributed by atoms with Crippen molar-refractivity contribution in [1.82, 2.24) is 0 Å². The molecule has 1 aliphatic heterocycles. The molecule has 0 aliphatic carbocycles. The minimum atomic E-state index is -1.14. The number of carbonyl (C=O) groups is 1. The Kier molecular flexibility index (Phi) is 3.38. The van der Waals surface area contributed by atoms with Crippen molar-refractivity contribution in [2.75, 3.05) is 0 Å². The van der Waals surface area contributed by atoms with Gasteiger partial charge in [-0.15, -0.1) is 0 Å². The van der Waals surface area contributed by atoms with Crippen LogP contribution in [0.1, 0.15) is 37.5 Å². The minimum absolute atomic E-state index is 0.294. The Morgan fingerprint density at radius 2 is 1.46 bits per heavy atom. The third-order valence-corrected chi connectivity index (χ3v) is 5.17. The molecule has 0 radical (unpaired) electrons. The van der Waals surface area contributed by atoms with E-state index in [1.165, 1.54) is 0 Å². The highest BCUT2D eigenvalue weighted by molar-refractivity contribution is 5.81. The molecule has 28 heavy (non-hydrogen) atoms. The molecule has 0 saturated heterocycles. The highest BCUT2D eigenvalue weighted by atomic mass is 16.6. The van der Waals surface area contributed by atoms with Gasteiger partial charge in [0.05, 0.1) is 11.0 Å². The summed E-state index contributed by atoms with van der Waals surface area (Å²) in [5.74, 6) is 1.04. The Morgan fingerprint density at radius 3 is 1.96 bits per heavy atom. The van der Waals surface area contributed by atoms with E-state index in [1.807, 2.05) is 87.5 Å². The molecule has 0 spiro atoms. The van der Waals surface area contributed by atoms with Crippen LogP contribution in [0.15, 0.2) is 71.1 Å². The number of hydrogen-bond donors (Lipinski definition) is 0. The number of hydrogen-bond acceptors (Lipinski definition) is 4. The summed E-state index contributed by atoms with van der Waals surface area (Å²) in [6.07, 6.45) is 0. The molecule has 0 saturated carbocycles. The maximum atomic E-state index is 13.2. The van der Waals surface area contributed by atoms with Crippen LogP contribution < -0.4 is 4.74 Å².